The van der Waals surface area contributed by atoms with E-state index in [9.17, 15) is 19.2 Å². The first-order valence-corrected chi connectivity index (χ1v) is 12.1. The number of fused-ring (bicyclic) bond motifs is 2. The van der Waals surface area contributed by atoms with E-state index in [0.717, 1.165) is 67.6 Å². The van der Waals surface area contributed by atoms with Crippen molar-refractivity contribution in [2.24, 2.45) is 0 Å². The molecule has 0 radical (unpaired) electrons. The zero-order valence-electron chi connectivity index (χ0n) is 19.4. The van der Waals surface area contributed by atoms with Crippen LogP contribution in [0, 0.1) is 24.1 Å². The smallest absolute Gasteiger partial charge is 0.319 e. The predicted octanol–water partition coefficient (Wildman–Crippen LogP) is 3.97. The lowest BCUT2D eigenvalue weighted by atomic mass is 9.86. The molecular weight excluding hydrogens is 431 g/mol. The van der Waals surface area contributed by atoms with E-state index < -0.39 is 5.54 Å². The summed E-state index contributed by atoms with van der Waals surface area (Å²) in [6.07, 6.45) is 3.95. The summed E-state index contributed by atoms with van der Waals surface area (Å²) in [4.78, 5) is 29.8. The molecule has 2 saturated heterocycles. The minimum absolute atomic E-state index is 0.126. The van der Waals surface area contributed by atoms with Crippen LogP contribution in [0.2, 0.25) is 0 Å². The number of nitriles is 1. The van der Waals surface area contributed by atoms with Crippen molar-refractivity contribution in [2.45, 2.75) is 50.5 Å². The molecule has 2 fully saturated rings. The molecule has 1 atom stereocenters. The second-order valence-corrected chi connectivity index (χ2v) is 9.77. The van der Waals surface area contributed by atoms with Gasteiger partial charge >= 0.3 is 6.03 Å². The van der Waals surface area contributed by atoms with Gasteiger partial charge in [-0.25, -0.2) is 9.18 Å². The molecule has 5 rings (SSSR count). The van der Waals surface area contributed by atoms with Crippen molar-refractivity contribution in [1.82, 2.24) is 15.1 Å². The van der Waals surface area contributed by atoms with Crippen LogP contribution in [-0.4, -0.2) is 47.9 Å². The van der Waals surface area contributed by atoms with Crippen molar-refractivity contribution in [3.8, 4) is 6.07 Å². The third kappa shape index (κ3) is 3.86. The Morgan fingerprint density at radius 1 is 1.15 bits per heavy atom. The van der Waals surface area contributed by atoms with Gasteiger partial charge in [-0.15, -0.1) is 0 Å². The van der Waals surface area contributed by atoms with Gasteiger partial charge in [-0.05, 0) is 93.4 Å². The maximum absolute atomic E-state index is 13.5. The van der Waals surface area contributed by atoms with E-state index in [2.05, 4.69) is 22.4 Å². The van der Waals surface area contributed by atoms with Gasteiger partial charge in [0, 0.05) is 6.54 Å². The number of aryl methyl sites for hydroxylation is 2. The van der Waals surface area contributed by atoms with Gasteiger partial charge in [0.15, 0.2) is 0 Å². The molecule has 0 bridgehead atoms. The molecule has 2 aromatic carbocycles. The Morgan fingerprint density at radius 3 is 2.71 bits per heavy atom. The summed E-state index contributed by atoms with van der Waals surface area (Å²) in [6.45, 7) is 5.01. The lowest BCUT2D eigenvalue weighted by molar-refractivity contribution is -0.131. The second kappa shape index (κ2) is 8.84. The van der Waals surface area contributed by atoms with E-state index in [1.54, 1.807) is 6.07 Å². The predicted molar refractivity (Wildman–Crippen MR) is 126 cm³/mol. The molecule has 1 spiro atoms. The molecule has 2 heterocycles. The Bertz CT molecular complexity index is 1180. The van der Waals surface area contributed by atoms with Gasteiger partial charge in [-0.3, -0.25) is 9.69 Å². The number of rotatable bonds is 5. The number of nitrogens with one attached hydrogen (secondary N) is 1. The number of nitrogens with zero attached hydrogens (tertiary/aromatic N) is 3. The average Bonchev–Trinajstić information content (AvgIpc) is 3.31. The molecule has 176 valence electrons. The van der Waals surface area contributed by atoms with Crippen molar-refractivity contribution >= 4 is 11.9 Å². The number of halogens is 1. The summed E-state index contributed by atoms with van der Waals surface area (Å²) in [5.74, 6) is -0.251. The van der Waals surface area contributed by atoms with Crippen LogP contribution in [0.1, 0.15) is 59.4 Å². The maximum atomic E-state index is 13.5. The summed E-state index contributed by atoms with van der Waals surface area (Å²) in [5, 5.41) is 12.3. The molecule has 7 heteroatoms. The summed E-state index contributed by atoms with van der Waals surface area (Å²) in [6, 6.07) is 12.4. The highest BCUT2D eigenvalue weighted by Crippen LogP contribution is 2.41. The largest absolute Gasteiger partial charge is 0.325 e. The van der Waals surface area contributed by atoms with Gasteiger partial charge in [0.25, 0.3) is 5.91 Å². The number of likely N-dealkylation sites (tertiary alicyclic amines) is 1. The number of benzene rings is 2. The maximum Gasteiger partial charge on any atom is 0.325 e. The highest BCUT2D eigenvalue weighted by molar-refractivity contribution is 6.08. The highest BCUT2D eigenvalue weighted by atomic mass is 19.1. The Hall–Kier alpha value is -3.24. The summed E-state index contributed by atoms with van der Waals surface area (Å²) in [5.41, 5.74) is 3.72. The normalized spacial score (nSPS) is 22.8. The van der Waals surface area contributed by atoms with Gasteiger partial charge in [-0.2, -0.15) is 5.26 Å². The fourth-order valence-corrected chi connectivity index (χ4v) is 5.89. The fraction of sp³-hybridized carbons (Fsp3) is 0.444. The first-order valence-electron chi connectivity index (χ1n) is 12.1. The van der Waals surface area contributed by atoms with Crippen molar-refractivity contribution in [3.05, 3.63) is 70.0 Å². The molecule has 1 aliphatic carbocycles. The van der Waals surface area contributed by atoms with Crippen LogP contribution in [0.15, 0.2) is 36.4 Å². The minimum Gasteiger partial charge on any atom is -0.319 e. The van der Waals surface area contributed by atoms with Crippen LogP contribution in [0.4, 0.5) is 9.18 Å². The van der Waals surface area contributed by atoms with E-state index in [0.29, 0.717) is 18.5 Å². The quantitative estimate of drug-likeness (QED) is 0.685. The van der Waals surface area contributed by atoms with Crippen molar-refractivity contribution in [3.63, 3.8) is 0 Å². The van der Waals surface area contributed by atoms with Crippen LogP contribution in [0.5, 0.6) is 0 Å². The standard InChI is InChI=1S/C27H29FN4O2/c1-18-3-6-24-20(15-18)7-10-27(24)25(33)32(26(34)30-27)12-2-11-31-13-8-19(9-14-31)23-5-4-22(28)16-21(23)17-29/h3-6,15-16,19H,2,7-14H2,1H3,(H,30,34). The number of carbonyl (C=O) groups is 2. The number of urea groups is 1. The van der Waals surface area contributed by atoms with E-state index in [-0.39, 0.29) is 23.7 Å². The van der Waals surface area contributed by atoms with Gasteiger partial charge in [0.1, 0.15) is 11.4 Å². The van der Waals surface area contributed by atoms with Crippen LogP contribution in [0.25, 0.3) is 0 Å². The number of hydrogen-bond donors (Lipinski definition) is 1. The van der Waals surface area contributed by atoms with Crippen LogP contribution in [-0.2, 0) is 16.8 Å². The van der Waals surface area contributed by atoms with Crippen molar-refractivity contribution in [1.29, 1.82) is 5.26 Å². The lowest BCUT2D eigenvalue weighted by Gasteiger charge is -2.32. The Balaban J connectivity index is 1.15. The average molecular weight is 461 g/mol. The zero-order chi connectivity index (χ0) is 23.9. The highest BCUT2D eigenvalue weighted by Gasteiger charge is 2.55. The summed E-state index contributed by atoms with van der Waals surface area (Å²) in [7, 11) is 0. The van der Waals surface area contributed by atoms with E-state index in [1.807, 2.05) is 19.1 Å². The molecular formula is C27H29FN4O2. The third-order valence-electron chi connectivity index (χ3n) is 7.68. The minimum atomic E-state index is -0.897. The van der Waals surface area contributed by atoms with Crippen molar-refractivity contribution < 1.29 is 14.0 Å². The zero-order valence-corrected chi connectivity index (χ0v) is 19.4. The molecule has 34 heavy (non-hydrogen) atoms. The number of carbonyl (C=O) groups excluding carboxylic acids is 2. The van der Waals surface area contributed by atoms with E-state index >= 15 is 0 Å². The molecule has 2 aromatic rings. The van der Waals surface area contributed by atoms with E-state index in [1.165, 1.54) is 17.0 Å². The van der Waals surface area contributed by atoms with Gasteiger partial charge < -0.3 is 10.2 Å². The van der Waals surface area contributed by atoms with Crippen LogP contribution < -0.4 is 5.32 Å². The Morgan fingerprint density at radius 2 is 1.94 bits per heavy atom. The molecule has 1 N–H and O–H groups in total. The lowest BCUT2D eigenvalue weighted by Crippen LogP contribution is -2.42. The number of amides is 3. The van der Waals surface area contributed by atoms with Gasteiger partial charge in [-0.1, -0.05) is 29.8 Å². The molecule has 3 amide bonds. The topological polar surface area (TPSA) is 76.4 Å². The Kier molecular flexibility index (Phi) is 5.86. The first-order chi connectivity index (χ1) is 16.4. The molecule has 2 aliphatic heterocycles. The fourth-order valence-electron chi connectivity index (χ4n) is 5.89. The summed E-state index contributed by atoms with van der Waals surface area (Å²) < 4.78 is 13.5. The number of piperidine rings is 1. The molecule has 6 nitrogen and oxygen atoms in total. The van der Waals surface area contributed by atoms with Gasteiger partial charge in [0.2, 0.25) is 0 Å². The molecule has 0 saturated carbocycles. The molecule has 1 unspecified atom stereocenters. The summed E-state index contributed by atoms with van der Waals surface area (Å²) >= 11 is 0. The van der Waals surface area contributed by atoms with Crippen molar-refractivity contribution in [2.75, 3.05) is 26.2 Å². The first kappa shape index (κ1) is 22.5. The Labute approximate surface area is 199 Å². The SMILES string of the molecule is Cc1ccc2c(c1)CCC21NC(=O)N(CCCN2CCC(c3ccc(F)cc3C#N)CC2)C1=O. The monoisotopic (exact) mass is 460 g/mol. The van der Waals surface area contributed by atoms with E-state index in [4.69, 9.17) is 0 Å². The molecule has 3 aliphatic rings. The third-order valence-corrected chi connectivity index (χ3v) is 7.68. The van der Waals surface area contributed by atoms with Gasteiger partial charge in [0.05, 0.1) is 11.6 Å². The number of hydrogen-bond acceptors (Lipinski definition) is 4. The van der Waals surface area contributed by atoms with Crippen LogP contribution >= 0.6 is 0 Å². The van der Waals surface area contributed by atoms with Crippen LogP contribution in [0.3, 0.4) is 0 Å². The second-order valence-electron chi connectivity index (χ2n) is 9.77. The molecule has 0 aromatic heterocycles. The number of imide groups is 1.